The molecule has 23 heavy (non-hydrogen) atoms. The molecule has 4 rings (SSSR count). The van der Waals surface area contributed by atoms with Crippen molar-refractivity contribution < 1.29 is 18.4 Å². The second-order valence-electron chi connectivity index (χ2n) is 5.02. The van der Waals surface area contributed by atoms with Gasteiger partial charge in [0.15, 0.2) is 17.0 Å². The highest BCUT2D eigenvalue weighted by Crippen LogP contribution is 2.40. The largest absolute Gasteiger partial charge is 0.493 e. The molecule has 1 amide bonds. The monoisotopic (exact) mass is 308 g/mol. The van der Waals surface area contributed by atoms with E-state index in [1.54, 1.807) is 13.2 Å². The van der Waals surface area contributed by atoms with Crippen LogP contribution in [0.3, 0.4) is 0 Å². The minimum absolute atomic E-state index is 0.0803. The molecule has 2 aromatic heterocycles. The third-order valence-corrected chi connectivity index (χ3v) is 3.70. The predicted octanol–water partition coefficient (Wildman–Crippen LogP) is 3.35. The van der Waals surface area contributed by atoms with Gasteiger partial charge in [0.1, 0.15) is 11.8 Å². The van der Waals surface area contributed by atoms with Crippen LogP contribution in [0.4, 0.5) is 0 Å². The van der Waals surface area contributed by atoms with Gasteiger partial charge in [0.2, 0.25) is 5.89 Å². The lowest BCUT2D eigenvalue weighted by atomic mass is 10.1. The second kappa shape index (κ2) is 4.88. The smallest absolute Gasteiger partial charge is 0.270 e. The third kappa shape index (κ3) is 1.96. The molecule has 2 heterocycles. The van der Waals surface area contributed by atoms with E-state index in [1.165, 1.54) is 6.26 Å². The van der Waals surface area contributed by atoms with Crippen molar-refractivity contribution in [2.24, 2.45) is 5.73 Å². The number of rotatable bonds is 3. The Morgan fingerprint density at radius 3 is 2.78 bits per heavy atom. The van der Waals surface area contributed by atoms with Gasteiger partial charge >= 0.3 is 0 Å². The van der Waals surface area contributed by atoms with E-state index in [4.69, 9.17) is 19.3 Å². The fourth-order valence-electron chi connectivity index (χ4n) is 2.65. The van der Waals surface area contributed by atoms with Gasteiger partial charge in [-0.1, -0.05) is 18.2 Å². The maximum atomic E-state index is 11.2. The number of benzene rings is 2. The van der Waals surface area contributed by atoms with Gasteiger partial charge in [-0.3, -0.25) is 4.79 Å². The molecule has 0 bridgehead atoms. The van der Waals surface area contributed by atoms with E-state index in [2.05, 4.69) is 4.98 Å². The maximum Gasteiger partial charge on any atom is 0.270 e. The Morgan fingerprint density at radius 2 is 2.04 bits per heavy atom. The van der Waals surface area contributed by atoms with Crippen LogP contribution in [-0.2, 0) is 0 Å². The number of ether oxygens (including phenoxy) is 1. The van der Waals surface area contributed by atoms with Crippen LogP contribution in [0, 0.1) is 0 Å². The van der Waals surface area contributed by atoms with Gasteiger partial charge in [-0.2, -0.15) is 0 Å². The molecular weight excluding hydrogens is 296 g/mol. The second-order valence-corrected chi connectivity index (χ2v) is 5.02. The number of aromatic nitrogens is 1. The number of hydrogen-bond donors (Lipinski definition) is 1. The average molecular weight is 308 g/mol. The minimum Gasteiger partial charge on any atom is -0.493 e. The fourth-order valence-corrected chi connectivity index (χ4v) is 2.65. The lowest BCUT2D eigenvalue weighted by molar-refractivity contribution is 0.0995. The summed E-state index contributed by atoms with van der Waals surface area (Å²) in [4.78, 5) is 15.4. The Hall–Kier alpha value is -3.28. The molecule has 0 unspecified atom stereocenters. The number of nitrogens with two attached hydrogens (primary N) is 1. The zero-order chi connectivity index (χ0) is 16.0. The molecule has 0 aliphatic heterocycles. The first-order valence-electron chi connectivity index (χ1n) is 6.93. The van der Waals surface area contributed by atoms with Crippen LogP contribution in [0.15, 0.2) is 51.5 Å². The van der Waals surface area contributed by atoms with Crippen molar-refractivity contribution in [3.8, 4) is 17.2 Å². The minimum atomic E-state index is -0.637. The summed E-state index contributed by atoms with van der Waals surface area (Å²) in [6, 6.07) is 11.2. The van der Waals surface area contributed by atoms with Crippen LogP contribution in [-0.4, -0.2) is 18.0 Å². The number of fused-ring (bicyclic) bond motifs is 3. The van der Waals surface area contributed by atoms with Crippen molar-refractivity contribution in [3.05, 3.63) is 48.4 Å². The van der Waals surface area contributed by atoms with E-state index in [9.17, 15) is 4.79 Å². The Kier molecular flexibility index (Phi) is 2.84. The van der Waals surface area contributed by atoms with E-state index in [0.29, 0.717) is 22.8 Å². The van der Waals surface area contributed by atoms with Crippen LogP contribution >= 0.6 is 0 Å². The van der Waals surface area contributed by atoms with E-state index < -0.39 is 5.91 Å². The molecule has 0 saturated carbocycles. The molecule has 0 saturated heterocycles. The molecule has 0 fully saturated rings. The summed E-state index contributed by atoms with van der Waals surface area (Å²) in [7, 11) is 1.58. The SMILES string of the molecule is COc1ccc(-c2nc(C(N)=O)co2)c2c1oc1ccccc12. The van der Waals surface area contributed by atoms with Gasteiger partial charge < -0.3 is 19.3 Å². The number of primary amides is 1. The molecule has 2 aromatic carbocycles. The zero-order valence-corrected chi connectivity index (χ0v) is 12.2. The number of nitrogens with zero attached hydrogens (tertiary/aromatic N) is 1. The first-order valence-corrected chi connectivity index (χ1v) is 6.93. The third-order valence-electron chi connectivity index (χ3n) is 3.70. The van der Waals surface area contributed by atoms with Crippen molar-refractivity contribution >= 4 is 27.8 Å². The molecule has 114 valence electrons. The van der Waals surface area contributed by atoms with Crippen LogP contribution in [0.5, 0.6) is 5.75 Å². The Balaban J connectivity index is 2.08. The van der Waals surface area contributed by atoms with Gasteiger partial charge in [0, 0.05) is 16.3 Å². The van der Waals surface area contributed by atoms with Crippen molar-refractivity contribution in [2.75, 3.05) is 7.11 Å². The van der Waals surface area contributed by atoms with Crippen LogP contribution in [0.1, 0.15) is 10.5 Å². The first-order chi connectivity index (χ1) is 11.2. The standard InChI is InChI=1S/C17H12N2O4/c1-21-13-7-6-10(17-19-11(8-22-17)16(18)20)14-9-4-2-3-5-12(9)23-15(13)14/h2-8H,1H3,(H2,18,20). The predicted molar refractivity (Wildman–Crippen MR) is 84.3 cm³/mol. The maximum absolute atomic E-state index is 11.2. The molecule has 0 atom stereocenters. The van der Waals surface area contributed by atoms with Crippen molar-refractivity contribution in [3.63, 3.8) is 0 Å². The fraction of sp³-hybridized carbons (Fsp3) is 0.0588. The number of carbonyl (C=O) groups excluding carboxylic acids is 1. The van der Waals surface area contributed by atoms with E-state index in [1.807, 2.05) is 30.3 Å². The summed E-state index contributed by atoms with van der Waals surface area (Å²) < 4.78 is 16.7. The van der Waals surface area contributed by atoms with Crippen LogP contribution in [0.25, 0.3) is 33.4 Å². The first kappa shape index (κ1) is 13.4. The highest BCUT2D eigenvalue weighted by atomic mass is 16.5. The highest BCUT2D eigenvalue weighted by molar-refractivity contribution is 6.13. The van der Waals surface area contributed by atoms with Crippen LogP contribution < -0.4 is 10.5 Å². The molecule has 0 aliphatic rings. The van der Waals surface area contributed by atoms with Crippen molar-refractivity contribution in [2.45, 2.75) is 0 Å². The summed E-state index contributed by atoms with van der Waals surface area (Å²) in [5, 5.41) is 1.73. The van der Waals surface area contributed by atoms with E-state index in [0.717, 1.165) is 16.4 Å². The Bertz CT molecular complexity index is 1050. The quantitative estimate of drug-likeness (QED) is 0.626. The summed E-state index contributed by atoms with van der Waals surface area (Å²) in [6.45, 7) is 0. The molecule has 0 radical (unpaired) electrons. The van der Waals surface area contributed by atoms with Gasteiger partial charge in [0.25, 0.3) is 5.91 Å². The number of amides is 1. The summed E-state index contributed by atoms with van der Waals surface area (Å²) in [6.07, 6.45) is 1.25. The number of para-hydroxylation sites is 1. The number of carbonyl (C=O) groups is 1. The van der Waals surface area contributed by atoms with Gasteiger partial charge in [-0.25, -0.2) is 4.98 Å². The normalized spacial score (nSPS) is 11.2. The zero-order valence-electron chi connectivity index (χ0n) is 12.2. The number of furan rings is 1. The van der Waals surface area contributed by atoms with E-state index >= 15 is 0 Å². The Labute approximate surface area is 130 Å². The van der Waals surface area contributed by atoms with Gasteiger partial charge in [0.05, 0.1) is 7.11 Å². The van der Waals surface area contributed by atoms with Crippen molar-refractivity contribution in [1.82, 2.24) is 4.98 Å². The molecular formula is C17H12N2O4. The lowest BCUT2D eigenvalue weighted by Crippen LogP contribution is -2.10. The molecule has 0 spiro atoms. The number of methoxy groups -OCH3 is 1. The van der Waals surface area contributed by atoms with Gasteiger partial charge in [-0.05, 0) is 18.2 Å². The Morgan fingerprint density at radius 1 is 1.22 bits per heavy atom. The average Bonchev–Trinajstić information content (AvgIpc) is 3.19. The van der Waals surface area contributed by atoms with Crippen molar-refractivity contribution in [1.29, 1.82) is 0 Å². The number of hydrogen-bond acceptors (Lipinski definition) is 5. The number of oxazole rings is 1. The molecule has 2 N–H and O–H groups in total. The lowest BCUT2D eigenvalue weighted by Gasteiger charge is -2.03. The molecule has 0 aliphatic carbocycles. The molecule has 4 aromatic rings. The van der Waals surface area contributed by atoms with Gasteiger partial charge in [-0.15, -0.1) is 0 Å². The van der Waals surface area contributed by atoms with E-state index in [-0.39, 0.29) is 5.69 Å². The summed E-state index contributed by atoms with van der Waals surface area (Å²) in [5.41, 5.74) is 7.35. The highest BCUT2D eigenvalue weighted by Gasteiger charge is 2.19. The van der Waals surface area contributed by atoms with Crippen LogP contribution in [0.2, 0.25) is 0 Å². The molecule has 6 heteroatoms. The summed E-state index contributed by atoms with van der Waals surface area (Å²) >= 11 is 0. The molecule has 6 nitrogen and oxygen atoms in total. The summed E-state index contributed by atoms with van der Waals surface area (Å²) in [5.74, 6) is 0.279. The topological polar surface area (TPSA) is 91.5 Å².